The van der Waals surface area contributed by atoms with E-state index in [0.29, 0.717) is 0 Å². The summed E-state index contributed by atoms with van der Waals surface area (Å²) in [7, 11) is 0. The van der Waals surface area contributed by atoms with Gasteiger partial charge in [0, 0.05) is 9.92 Å². The Bertz CT molecular complexity index is 303. The van der Waals surface area contributed by atoms with Gasteiger partial charge in [-0.05, 0) is 56.2 Å². The molecule has 0 spiro atoms. The Labute approximate surface area is 108 Å². The summed E-state index contributed by atoms with van der Waals surface area (Å²) in [5, 5.41) is 0.815. The van der Waals surface area contributed by atoms with E-state index < -0.39 is 0 Å². The van der Waals surface area contributed by atoms with Gasteiger partial charge in [0.25, 0.3) is 0 Å². The van der Waals surface area contributed by atoms with Gasteiger partial charge in [0.2, 0.25) is 0 Å². The van der Waals surface area contributed by atoms with E-state index in [4.69, 9.17) is 11.6 Å². The first-order valence-electron chi connectivity index (χ1n) is 5.82. The van der Waals surface area contributed by atoms with E-state index in [1.54, 1.807) is 0 Å². The molecule has 0 radical (unpaired) electrons. The number of unbranched alkanes of at least 4 members (excludes halogenated alkanes) is 3. The summed E-state index contributed by atoms with van der Waals surface area (Å²) >= 11 is 7.74. The molecule has 0 aliphatic heterocycles. The lowest BCUT2D eigenvalue weighted by molar-refractivity contribution is 0.734. The highest BCUT2D eigenvalue weighted by atomic mass is 35.5. The maximum atomic E-state index is 5.83. The van der Waals surface area contributed by atoms with Crippen molar-refractivity contribution in [1.82, 2.24) is 0 Å². The monoisotopic (exact) mass is 254 g/mol. The first-order valence-corrected chi connectivity index (χ1v) is 7.19. The quantitative estimate of drug-likeness (QED) is 0.348. The molecule has 1 rings (SSSR count). The smallest absolute Gasteiger partial charge is 0.0406 e. The first-order chi connectivity index (χ1) is 7.83. The molecule has 88 valence electrons. The van der Waals surface area contributed by atoms with Crippen LogP contribution in [0.2, 0.25) is 5.02 Å². The second-order valence-corrected chi connectivity index (χ2v) is 5.33. The zero-order valence-corrected chi connectivity index (χ0v) is 11.4. The highest BCUT2D eigenvalue weighted by Crippen LogP contribution is 2.21. The van der Waals surface area contributed by atoms with Crippen LogP contribution >= 0.6 is 23.4 Å². The average Bonchev–Trinajstić information content (AvgIpc) is 2.30. The predicted octanol–water partition coefficient (Wildman–Crippen LogP) is 5.57. The molecule has 1 aromatic rings. The van der Waals surface area contributed by atoms with E-state index in [9.17, 15) is 0 Å². The Morgan fingerprint density at radius 1 is 1.12 bits per heavy atom. The molecule has 0 aromatic heterocycles. The lowest BCUT2D eigenvalue weighted by atomic mass is 10.2. The van der Waals surface area contributed by atoms with E-state index in [0.717, 1.165) is 5.02 Å². The van der Waals surface area contributed by atoms with Gasteiger partial charge in [-0.15, -0.1) is 11.8 Å². The number of halogens is 1. The zero-order chi connectivity index (χ0) is 11.6. The molecular weight excluding hydrogens is 236 g/mol. The standard InChI is InChI=1S/C14H19ClS/c1-2-3-4-5-6-7-12-16-14-10-8-13(15)9-11-14/h2-3,8-11H,4-7,12H2,1H3/b3-2+. The molecule has 0 aliphatic rings. The number of benzene rings is 1. The van der Waals surface area contributed by atoms with Gasteiger partial charge in [-0.3, -0.25) is 0 Å². The van der Waals surface area contributed by atoms with E-state index in [1.165, 1.54) is 36.3 Å². The van der Waals surface area contributed by atoms with Crippen LogP contribution < -0.4 is 0 Å². The fourth-order valence-electron chi connectivity index (χ4n) is 1.43. The normalized spacial score (nSPS) is 11.1. The number of allylic oxidation sites excluding steroid dienone is 2. The minimum Gasteiger partial charge on any atom is -0.126 e. The van der Waals surface area contributed by atoms with Crippen LogP contribution in [0.25, 0.3) is 0 Å². The van der Waals surface area contributed by atoms with Crippen molar-refractivity contribution in [2.45, 2.75) is 37.5 Å². The lowest BCUT2D eigenvalue weighted by Crippen LogP contribution is -1.81. The fraction of sp³-hybridized carbons (Fsp3) is 0.429. The molecule has 0 aliphatic carbocycles. The zero-order valence-electron chi connectivity index (χ0n) is 9.79. The van der Waals surface area contributed by atoms with E-state index in [2.05, 4.69) is 31.2 Å². The highest BCUT2D eigenvalue weighted by Gasteiger charge is 1.94. The van der Waals surface area contributed by atoms with Crippen LogP contribution in [0.1, 0.15) is 32.6 Å². The molecule has 16 heavy (non-hydrogen) atoms. The van der Waals surface area contributed by atoms with Crippen molar-refractivity contribution in [2.75, 3.05) is 5.75 Å². The van der Waals surface area contributed by atoms with Crippen LogP contribution in [0.15, 0.2) is 41.3 Å². The SMILES string of the molecule is C/C=C/CCCCCSc1ccc(Cl)cc1. The molecular formula is C14H19ClS. The molecule has 0 saturated heterocycles. The number of rotatable bonds is 7. The summed E-state index contributed by atoms with van der Waals surface area (Å²) in [6, 6.07) is 8.09. The number of hydrogen-bond donors (Lipinski definition) is 0. The summed E-state index contributed by atoms with van der Waals surface area (Å²) in [4.78, 5) is 1.32. The first kappa shape index (κ1) is 13.7. The van der Waals surface area contributed by atoms with Crippen molar-refractivity contribution in [2.24, 2.45) is 0 Å². The van der Waals surface area contributed by atoms with Gasteiger partial charge in [0.05, 0.1) is 0 Å². The van der Waals surface area contributed by atoms with E-state index in [1.807, 2.05) is 23.9 Å². The molecule has 0 N–H and O–H groups in total. The van der Waals surface area contributed by atoms with Gasteiger partial charge in [-0.1, -0.05) is 30.2 Å². The second kappa shape index (κ2) is 8.72. The lowest BCUT2D eigenvalue weighted by Gasteiger charge is -2.01. The van der Waals surface area contributed by atoms with Crippen LogP contribution in [0, 0.1) is 0 Å². The third kappa shape index (κ3) is 6.24. The highest BCUT2D eigenvalue weighted by molar-refractivity contribution is 7.99. The molecule has 0 atom stereocenters. The molecule has 2 heteroatoms. The van der Waals surface area contributed by atoms with Gasteiger partial charge in [0.15, 0.2) is 0 Å². The van der Waals surface area contributed by atoms with Crippen molar-refractivity contribution in [3.05, 3.63) is 41.4 Å². The fourth-order valence-corrected chi connectivity index (χ4v) is 2.47. The maximum Gasteiger partial charge on any atom is 0.0406 e. The average molecular weight is 255 g/mol. The summed E-state index contributed by atoms with van der Waals surface area (Å²) in [5.74, 6) is 1.21. The van der Waals surface area contributed by atoms with Gasteiger partial charge in [-0.25, -0.2) is 0 Å². The third-order valence-corrected chi connectivity index (χ3v) is 3.68. The van der Waals surface area contributed by atoms with Crippen LogP contribution in [0.5, 0.6) is 0 Å². The molecule has 0 unspecified atom stereocenters. The van der Waals surface area contributed by atoms with Crippen molar-refractivity contribution >= 4 is 23.4 Å². The van der Waals surface area contributed by atoms with E-state index in [-0.39, 0.29) is 0 Å². The Kier molecular flexibility index (Phi) is 7.45. The van der Waals surface area contributed by atoms with Crippen LogP contribution in [-0.2, 0) is 0 Å². The molecule has 1 aromatic carbocycles. The summed E-state index contributed by atoms with van der Waals surface area (Å²) < 4.78 is 0. The predicted molar refractivity (Wildman–Crippen MR) is 75.5 cm³/mol. The van der Waals surface area contributed by atoms with Crippen molar-refractivity contribution in [3.8, 4) is 0 Å². The van der Waals surface area contributed by atoms with Crippen LogP contribution in [0.4, 0.5) is 0 Å². The van der Waals surface area contributed by atoms with Crippen LogP contribution in [0.3, 0.4) is 0 Å². The summed E-state index contributed by atoms with van der Waals surface area (Å²) in [6.45, 7) is 2.08. The Hall–Kier alpha value is -0.400. The maximum absolute atomic E-state index is 5.83. The molecule has 0 saturated carbocycles. The molecule has 0 nitrogen and oxygen atoms in total. The third-order valence-electron chi connectivity index (χ3n) is 2.33. The molecule has 0 fully saturated rings. The Balaban J connectivity index is 2.05. The van der Waals surface area contributed by atoms with Gasteiger partial charge in [-0.2, -0.15) is 0 Å². The van der Waals surface area contributed by atoms with Gasteiger partial charge < -0.3 is 0 Å². The van der Waals surface area contributed by atoms with Crippen molar-refractivity contribution < 1.29 is 0 Å². The largest absolute Gasteiger partial charge is 0.126 e. The molecule has 0 heterocycles. The minimum atomic E-state index is 0.815. The van der Waals surface area contributed by atoms with Gasteiger partial charge in [0.1, 0.15) is 0 Å². The molecule has 0 bridgehead atoms. The van der Waals surface area contributed by atoms with E-state index >= 15 is 0 Å². The minimum absolute atomic E-state index is 0.815. The number of thioether (sulfide) groups is 1. The topological polar surface area (TPSA) is 0 Å². The van der Waals surface area contributed by atoms with Crippen molar-refractivity contribution in [3.63, 3.8) is 0 Å². The Morgan fingerprint density at radius 2 is 1.88 bits per heavy atom. The summed E-state index contributed by atoms with van der Waals surface area (Å²) in [6.07, 6.45) is 9.53. The second-order valence-electron chi connectivity index (χ2n) is 3.72. The Morgan fingerprint density at radius 3 is 2.56 bits per heavy atom. The van der Waals surface area contributed by atoms with Crippen molar-refractivity contribution in [1.29, 1.82) is 0 Å². The van der Waals surface area contributed by atoms with Crippen LogP contribution in [-0.4, -0.2) is 5.75 Å². The number of hydrogen-bond acceptors (Lipinski definition) is 1. The van der Waals surface area contributed by atoms with Gasteiger partial charge >= 0.3 is 0 Å². The molecule has 0 amide bonds. The summed E-state index contributed by atoms with van der Waals surface area (Å²) in [5.41, 5.74) is 0.